The molecule has 1 N–H and O–H groups in total. The number of nitrogens with one attached hydrogen (secondary N) is 1. The second-order valence-electron chi connectivity index (χ2n) is 5.32. The first-order chi connectivity index (χ1) is 10.3. The molecular weight excluding hydrogens is 262 g/mol. The first kappa shape index (κ1) is 13.4. The third-order valence-corrected chi connectivity index (χ3v) is 3.91. The number of piperidine rings is 1. The Morgan fingerprint density at radius 3 is 2.62 bits per heavy atom. The molecule has 4 heteroatoms. The van der Waals surface area contributed by atoms with Crippen molar-refractivity contribution in [1.29, 1.82) is 5.26 Å². The molecule has 106 valence electrons. The fourth-order valence-corrected chi connectivity index (χ4v) is 2.75. The summed E-state index contributed by atoms with van der Waals surface area (Å²) in [6, 6.07) is 13.4. The van der Waals surface area contributed by atoms with Crippen LogP contribution in [0.25, 0.3) is 11.3 Å². The minimum atomic E-state index is -0.335. The van der Waals surface area contributed by atoms with Crippen LogP contribution in [0.4, 0.5) is 5.69 Å². The van der Waals surface area contributed by atoms with Gasteiger partial charge in [0.05, 0.1) is 0 Å². The van der Waals surface area contributed by atoms with Crippen molar-refractivity contribution >= 4 is 5.69 Å². The van der Waals surface area contributed by atoms with E-state index in [-0.39, 0.29) is 11.1 Å². The zero-order valence-corrected chi connectivity index (χ0v) is 11.8. The van der Waals surface area contributed by atoms with Crippen molar-refractivity contribution in [2.24, 2.45) is 0 Å². The van der Waals surface area contributed by atoms with E-state index < -0.39 is 0 Å². The quantitative estimate of drug-likeness (QED) is 0.919. The minimum absolute atomic E-state index is 0.144. The summed E-state index contributed by atoms with van der Waals surface area (Å²) < 4.78 is 0. The number of rotatable bonds is 2. The standard InChI is InChI=1S/C17H17N3O/c18-12-14-7-8-16(19-17(14)21)13-5-4-6-15(11-13)20-9-2-1-3-10-20/h4-8,11H,1-3,9-10H2,(H,19,21). The van der Waals surface area contributed by atoms with Gasteiger partial charge in [-0.2, -0.15) is 5.26 Å². The summed E-state index contributed by atoms with van der Waals surface area (Å²) in [7, 11) is 0. The Bertz CT molecular complexity index is 736. The van der Waals surface area contributed by atoms with Gasteiger partial charge < -0.3 is 9.88 Å². The van der Waals surface area contributed by atoms with E-state index in [1.165, 1.54) is 24.9 Å². The molecule has 0 saturated carbocycles. The molecule has 3 rings (SSSR count). The molecule has 0 unspecified atom stereocenters. The molecular formula is C17H17N3O. The number of aromatic nitrogens is 1. The maximum absolute atomic E-state index is 11.7. The lowest BCUT2D eigenvalue weighted by Crippen LogP contribution is -2.29. The van der Waals surface area contributed by atoms with E-state index in [0.717, 1.165) is 24.3 Å². The highest BCUT2D eigenvalue weighted by molar-refractivity contribution is 5.66. The van der Waals surface area contributed by atoms with Gasteiger partial charge in [-0.15, -0.1) is 0 Å². The molecule has 1 aromatic carbocycles. The van der Waals surface area contributed by atoms with Crippen molar-refractivity contribution in [1.82, 2.24) is 4.98 Å². The summed E-state index contributed by atoms with van der Waals surface area (Å²) in [5.74, 6) is 0. The summed E-state index contributed by atoms with van der Waals surface area (Å²) in [6.45, 7) is 2.18. The number of hydrogen-bond acceptors (Lipinski definition) is 3. The first-order valence-corrected chi connectivity index (χ1v) is 7.27. The molecule has 4 nitrogen and oxygen atoms in total. The average molecular weight is 279 g/mol. The number of hydrogen-bond donors (Lipinski definition) is 1. The lowest BCUT2D eigenvalue weighted by Gasteiger charge is -2.29. The van der Waals surface area contributed by atoms with E-state index in [0.29, 0.717) is 0 Å². The molecule has 0 bridgehead atoms. The normalized spacial score (nSPS) is 14.7. The van der Waals surface area contributed by atoms with E-state index in [1.54, 1.807) is 12.1 Å². The number of anilines is 1. The molecule has 1 aliphatic rings. The fraction of sp³-hybridized carbons (Fsp3) is 0.294. The third kappa shape index (κ3) is 2.82. The summed E-state index contributed by atoms with van der Waals surface area (Å²) in [6.07, 6.45) is 3.77. The number of H-pyrrole nitrogens is 1. The van der Waals surface area contributed by atoms with E-state index >= 15 is 0 Å². The molecule has 0 spiro atoms. The molecule has 2 aromatic rings. The van der Waals surface area contributed by atoms with E-state index in [2.05, 4.69) is 22.0 Å². The van der Waals surface area contributed by atoms with Crippen molar-refractivity contribution in [3.63, 3.8) is 0 Å². The molecule has 1 saturated heterocycles. The van der Waals surface area contributed by atoms with Gasteiger partial charge in [0.2, 0.25) is 0 Å². The summed E-state index contributed by atoms with van der Waals surface area (Å²) in [5.41, 5.74) is 2.72. The highest BCUT2D eigenvalue weighted by Gasteiger charge is 2.11. The highest BCUT2D eigenvalue weighted by Crippen LogP contribution is 2.25. The van der Waals surface area contributed by atoms with Crippen LogP contribution < -0.4 is 10.5 Å². The van der Waals surface area contributed by atoms with Crippen LogP contribution in [0.5, 0.6) is 0 Å². The largest absolute Gasteiger partial charge is 0.372 e. The van der Waals surface area contributed by atoms with E-state index in [9.17, 15) is 4.79 Å². The van der Waals surface area contributed by atoms with Crippen LogP contribution in [0.1, 0.15) is 24.8 Å². The Morgan fingerprint density at radius 2 is 1.90 bits per heavy atom. The predicted molar refractivity (Wildman–Crippen MR) is 83.3 cm³/mol. The maximum Gasteiger partial charge on any atom is 0.266 e. The summed E-state index contributed by atoms with van der Waals surface area (Å²) in [5, 5.41) is 8.82. The highest BCUT2D eigenvalue weighted by atomic mass is 16.1. The SMILES string of the molecule is N#Cc1ccc(-c2cccc(N3CCCCC3)c2)[nH]c1=O. The number of aromatic amines is 1. The second-order valence-corrected chi connectivity index (χ2v) is 5.32. The van der Waals surface area contributed by atoms with Gasteiger partial charge >= 0.3 is 0 Å². The van der Waals surface area contributed by atoms with Crippen molar-refractivity contribution < 1.29 is 0 Å². The van der Waals surface area contributed by atoms with Crippen molar-refractivity contribution in [2.75, 3.05) is 18.0 Å². The molecule has 0 amide bonds. The van der Waals surface area contributed by atoms with Gasteiger partial charge in [0.25, 0.3) is 5.56 Å². The Balaban J connectivity index is 1.94. The number of benzene rings is 1. The Morgan fingerprint density at radius 1 is 1.10 bits per heavy atom. The van der Waals surface area contributed by atoms with Crippen LogP contribution in [0.2, 0.25) is 0 Å². The van der Waals surface area contributed by atoms with Crippen LogP contribution in [0.15, 0.2) is 41.2 Å². The van der Waals surface area contributed by atoms with Gasteiger partial charge in [0, 0.05) is 30.0 Å². The predicted octanol–water partition coefficient (Wildman–Crippen LogP) is 2.90. The fourth-order valence-electron chi connectivity index (χ4n) is 2.75. The first-order valence-electron chi connectivity index (χ1n) is 7.27. The zero-order chi connectivity index (χ0) is 14.7. The van der Waals surface area contributed by atoms with Crippen LogP contribution in [0.3, 0.4) is 0 Å². The van der Waals surface area contributed by atoms with Gasteiger partial charge in [-0.1, -0.05) is 12.1 Å². The lowest BCUT2D eigenvalue weighted by atomic mass is 10.1. The molecule has 1 fully saturated rings. The van der Waals surface area contributed by atoms with Gasteiger partial charge in [0.15, 0.2) is 0 Å². The number of nitriles is 1. The van der Waals surface area contributed by atoms with E-state index in [1.807, 2.05) is 18.2 Å². The molecule has 0 aliphatic carbocycles. The molecule has 1 aromatic heterocycles. The lowest BCUT2D eigenvalue weighted by molar-refractivity contribution is 0.578. The second kappa shape index (κ2) is 5.84. The zero-order valence-electron chi connectivity index (χ0n) is 11.8. The van der Waals surface area contributed by atoms with E-state index in [4.69, 9.17) is 5.26 Å². The number of nitrogens with zero attached hydrogens (tertiary/aromatic N) is 2. The minimum Gasteiger partial charge on any atom is -0.372 e. The Labute approximate surface area is 123 Å². The molecule has 1 aliphatic heterocycles. The smallest absolute Gasteiger partial charge is 0.266 e. The third-order valence-electron chi connectivity index (χ3n) is 3.91. The van der Waals surface area contributed by atoms with Crippen LogP contribution >= 0.6 is 0 Å². The van der Waals surface area contributed by atoms with Gasteiger partial charge in [-0.25, -0.2) is 0 Å². The van der Waals surface area contributed by atoms with Crippen molar-refractivity contribution in [3.8, 4) is 17.3 Å². The Kier molecular flexibility index (Phi) is 3.74. The van der Waals surface area contributed by atoms with Gasteiger partial charge in [0.1, 0.15) is 11.6 Å². The van der Waals surface area contributed by atoms with Crippen LogP contribution in [-0.4, -0.2) is 18.1 Å². The Hall–Kier alpha value is -2.54. The topological polar surface area (TPSA) is 59.9 Å². The molecule has 0 atom stereocenters. The monoisotopic (exact) mass is 279 g/mol. The van der Waals surface area contributed by atoms with Gasteiger partial charge in [-0.3, -0.25) is 4.79 Å². The molecule has 2 heterocycles. The van der Waals surface area contributed by atoms with Crippen molar-refractivity contribution in [3.05, 3.63) is 52.3 Å². The molecule has 21 heavy (non-hydrogen) atoms. The van der Waals surface area contributed by atoms with Crippen LogP contribution in [-0.2, 0) is 0 Å². The van der Waals surface area contributed by atoms with Gasteiger partial charge in [-0.05, 0) is 43.5 Å². The number of pyridine rings is 1. The van der Waals surface area contributed by atoms with Crippen molar-refractivity contribution in [2.45, 2.75) is 19.3 Å². The maximum atomic E-state index is 11.7. The average Bonchev–Trinajstić information content (AvgIpc) is 2.56. The summed E-state index contributed by atoms with van der Waals surface area (Å²) >= 11 is 0. The van der Waals surface area contributed by atoms with Crippen LogP contribution in [0, 0.1) is 11.3 Å². The molecule has 0 radical (unpaired) electrons. The summed E-state index contributed by atoms with van der Waals surface area (Å²) in [4.78, 5) is 16.9.